The van der Waals surface area contributed by atoms with Crippen LogP contribution >= 0.6 is 0 Å². The molecule has 0 atom stereocenters. The van der Waals surface area contributed by atoms with Crippen molar-refractivity contribution in [3.8, 4) is 11.1 Å². The lowest BCUT2D eigenvalue weighted by Gasteiger charge is -2.06. The largest absolute Gasteiger partial charge is 0.385 e. The van der Waals surface area contributed by atoms with Crippen LogP contribution in [0.4, 0.5) is 10.3 Å². The summed E-state index contributed by atoms with van der Waals surface area (Å²) in [5.74, 6) is 0.349. The lowest BCUT2D eigenvalue weighted by molar-refractivity contribution is 0.197. The Balaban J connectivity index is 0.00000116. The van der Waals surface area contributed by atoms with E-state index >= 15 is 0 Å². The molecule has 0 aliphatic rings. The van der Waals surface area contributed by atoms with Crippen LogP contribution in [0, 0.1) is 12.7 Å². The molecule has 4 nitrogen and oxygen atoms in total. The Morgan fingerprint density at radius 1 is 1.14 bits per heavy atom. The zero-order valence-electron chi connectivity index (χ0n) is 13.7. The van der Waals surface area contributed by atoms with Crippen LogP contribution < -0.4 is 5.32 Å². The van der Waals surface area contributed by atoms with Gasteiger partial charge < -0.3 is 10.1 Å². The molecule has 2 rings (SSSR count). The van der Waals surface area contributed by atoms with Crippen molar-refractivity contribution in [3.05, 3.63) is 42.0 Å². The third-order valence-electron chi connectivity index (χ3n) is 2.97. The number of nitrogens with one attached hydrogen (secondary N) is 1. The van der Waals surface area contributed by atoms with Gasteiger partial charge in [0, 0.05) is 38.2 Å². The van der Waals surface area contributed by atoms with E-state index in [9.17, 15) is 4.39 Å². The smallest absolute Gasteiger partial charge is 0.222 e. The summed E-state index contributed by atoms with van der Waals surface area (Å²) in [5.41, 5.74) is 2.21. The highest BCUT2D eigenvalue weighted by molar-refractivity contribution is 5.62. The molecule has 0 radical (unpaired) electrons. The molecule has 1 aromatic carbocycles. The molecule has 2 aromatic rings. The lowest BCUT2D eigenvalue weighted by atomic mass is 10.1. The van der Waals surface area contributed by atoms with Crippen LogP contribution in [0.5, 0.6) is 0 Å². The van der Waals surface area contributed by atoms with Gasteiger partial charge in [-0.05, 0) is 30.5 Å². The standard InChI is InChI=1S/C15H18FN3O.C2H6/c1-11-4-5-12(8-14(11)16)13-9-18-15(19-10-13)17-6-3-7-20-2;1-2/h4-5,8-10H,3,6-7H2,1-2H3,(H,17,18,19);1-2H3. The number of hydrogen-bond donors (Lipinski definition) is 1. The quantitative estimate of drug-likeness (QED) is 0.817. The van der Waals surface area contributed by atoms with Crippen LogP contribution in [0.25, 0.3) is 11.1 Å². The highest BCUT2D eigenvalue weighted by atomic mass is 19.1. The van der Waals surface area contributed by atoms with Crippen molar-refractivity contribution >= 4 is 5.95 Å². The van der Waals surface area contributed by atoms with Crippen LogP contribution in [0.2, 0.25) is 0 Å². The van der Waals surface area contributed by atoms with Gasteiger partial charge in [0.2, 0.25) is 5.95 Å². The fourth-order valence-corrected chi connectivity index (χ4v) is 1.76. The average Bonchev–Trinajstić information content (AvgIpc) is 2.57. The van der Waals surface area contributed by atoms with Gasteiger partial charge in [0.1, 0.15) is 5.82 Å². The van der Waals surface area contributed by atoms with E-state index in [2.05, 4.69) is 15.3 Å². The number of benzene rings is 1. The van der Waals surface area contributed by atoms with E-state index in [0.29, 0.717) is 18.1 Å². The number of anilines is 1. The number of ether oxygens (including phenoxy) is 1. The minimum atomic E-state index is -0.218. The number of aromatic nitrogens is 2. The van der Waals surface area contributed by atoms with E-state index in [-0.39, 0.29) is 5.82 Å². The Labute approximate surface area is 131 Å². The fraction of sp³-hybridized carbons (Fsp3) is 0.412. The van der Waals surface area contributed by atoms with E-state index in [1.807, 2.05) is 19.9 Å². The van der Waals surface area contributed by atoms with Crippen LogP contribution in [-0.2, 0) is 4.74 Å². The number of rotatable bonds is 6. The van der Waals surface area contributed by atoms with Crippen molar-refractivity contribution in [2.24, 2.45) is 0 Å². The van der Waals surface area contributed by atoms with Crippen molar-refractivity contribution in [1.82, 2.24) is 9.97 Å². The zero-order chi connectivity index (χ0) is 16.4. The van der Waals surface area contributed by atoms with E-state index in [0.717, 1.165) is 24.1 Å². The second-order valence-corrected chi connectivity index (χ2v) is 4.53. The third-order valence-corrected chi connectivity index (χ3v) is 2.97. The number of aryl methyl sites for hydroxylation is 1. The normalized spacial score (nSPS) is 9.86. The lowest BCUT2D eigenvalue weighted by Crippen LogP contribution is -2.07. The molecule has 0 saturated carbocycles. The second-order valence-electron chi connectivity index (χ2n) is 4.53. The molecule has 0 aliphatic heterocycles. The van der Waals surface area contributed by atoms with Gasteiger partial charge in [-0.3, -0.25) is 0 Å². The van der Waals surface area contributed by atoms with Gasteiger partial charge in [-0.25, -0.2) is 14.4 Å². The summed E-state index contributed by atoms with van der Waals surface area (Å²) in [6.07, 6.45) is 4.27. The predicted octanol–water partition coefficient (Wildman–Crippen LogP) is 4.07. The van der Waals surface area contributed by atoms with Crippen molar-refractivity contribution in [2.75, 3.05) is 25.6 Å². The minimum Gasteiger partial charge on any atom is -0.385 e. The molecule has 0 bridgehead atoms. The van der Waals surface area contributed by atoms with Crippen LogP contribution in [0.3, 0.4) is 0 Å². The molecule has 120 valence electrons. The molecule has 0 amide bonds. The number of methoxy groups -OCH3 is 1. The molecular weight excluding hydrogens is 281 g/mol. The fourth-order valence-electron chi connectivity index (χ4n) is 1.76. The first-order valence-corrected chi connectivity index (χ1v) is 7.52. The summed E-state index contributed by atoms with van der Waals surface area (Å²) in [7, 11) is 1.67. The Morgan fingerprint density at radius 3 is 2.41 bits per heavy atom. The van der Waals surface area contributed by atoms with E-state index in [4.69, 9.17) is 4.74 Å². The second kappa shape index (κ2) is 9.84. The number of hydrogen-bond acceptors (Lipinski definition) is 4. The number of nitrogens with zero attached hydrogens (tertiary/aromatic N) is 2. The van der Waals surface area contributed by atoms with Gasteiger partial charge in [0.15, 0.2) is 0 Å². The molecule has 1 heterocycles. The van der Waals surface area contributed by atoms with Crippen molar-refractivity contribution in [2.45, 2.75) is 27.2 Å². The predicted molar refractivity (Wildman–Crippen MR) is 88.5 cm³/mol. The highest BCUT2D eigenvalue weighted by Gasteiger charge is 2.03. The van der Waals surface area contributed by atoms with E-state index in [1.54, 1.807) is 32.5 Å². The third kappa shape index (κ3) is 5.41. The maximum absolute atomic E-state index is 13.5. The Kier molecular flexibility index (Phi) is 8.07. The molecule has 0 aliphatic carbocycles. The van der Waals surface area contributed by atoms with Gasteiger partial charge >= 0.3 is 0 Å². The molecule has 1 aromatic heterocycles. The Hall–Kier alpha value is -2.01. The van der Waals surface area contributed by atoms with Crippen molar-refractivity contribution in [3.63, 3.8) is 0 Å². The first-order valence-electron chi connectivity index (χ1n) is 7.52. The summed E-state index contributed by atoms with van der Waals surface area (Å²) in [5, 5.41) is 3.10. The first kappa shape index (κ1) is 18.0. The average molecular weight is 305 g/mol. The Bertz CT molecular complexity index is 558. The van der Waals surface area contributed by atoms with Crippen LogP contribution in [0.15, 0.2) is 30.6 Å². The summed E-state index contributed by atoms with van der Waals surface area (Å²) < 4.78 is 18.5. The molecular formula is C17H24FN3O. The van der Waals surface area contributed by atoms with E-state index < -0.39 is 0 Å². The molecule has 0 unspecified atom stereocenters. The molecule has 1 N–H and O–H groups in total. The summed E-state index contributed by atoms with van der Waals surface area (Å²) in [6.45, 7) is 7.20. The minimum absolute atomic E-state index is 0.218. The van der Waals surface area contributed by atoms with Gasteiger partial charge in [0.05, 0.1) is 0 Å². The van der Waals surface area contributed by atoms with Gasteiger partial charge in [-0.2, -0.15) is 0 Å². The monoisotopic (exact) mass is 305 g/mol. The van der Waals surface area contributed by atoms with Crippen LogP contribution in [-0.4, -0.2) is 30.2 Å². The summed E-state index contributed by atoms with van der Waals surface area (Å²) in [6, 6.07) is 5.12. The van der Waals surface area contributed by atoms with Crippen molar-refractivity contribution in [1.29, 1.82) is 0 Å². The van der Waals surface area contributed by atoms with E-state index in [1.165, 1.54) is 6.07 Å². The van der Waals surface area contributed by atoms with Gasteiger partial charge in [-0.1, -0.05) is 26.0 Å². The molecule has 22 heavy (non-hydrogen) atoms. The van der Waals surface area contributed by atoms with Gasteiger partial charge in [0.25, 0.3) is 0 Å². The van der Waals surface area contributed by atoms with Gasteiger partial charge in [-0.15, -0.1) is 0 Å². The summed E-state index contributed by atoms with van der Waals surface area (Å²) >= 11 is 0. The topological polar surface area (TPSA) is 47.0 Å². The Morgan fingerprint density at radius 2 is 1.82 bits per heavy atom. The maximum atomic E-state index is 13.5. The molecule has 0 spiro atoms. The van der Waals surface area contributed by atoms with Crippen LogP contribution in [0.1, 0.15) is 25.8 Å². The molecule has 0 fully saturated rings. The highest BCUT2D eigenvalue weighted by Crippen LogP contribution is 2.20. The zero-order valence-corrected chi connectivity index (χ0v) is 13.7. The number of halogens is 1. The molecule has 0 saturated heterocycles. The summed E-state index contributed by atoms with van der Waals surface area (Å²) in [4.78, 5) is 8.44. The SMILES string of the molecule is CC.COCCCNc1ncc(-c2ccc(C)c(F)c2)cn1. The van der Waals surface area contributed by atoms with Crippen molar-refractivity contribution < 1.29 is 9.13 Å². The molecule has 5 heteroatoms. The maximum Gasteiger partial charge on any atom is 0.222 e. The first-order chi connectivity index (χ1) is 10.7.